The molecular formula is C20H29N3O4S. The molecule has 0 atom stereocenters. The monoisotopic (exact) mass is 407 g/mol. The van der Waals surface area contributed by atoms with Crippen molar-refractivity contribution < 1.29 is 18.0 Å². The number of nitrogens with one attached hydrogen (secondary N) is 2. The highest BCUT2D eigenvalue weighted by Gasteiger charge is 2.30. The van der Waals surface area contributed by atoms with E-state index in [9.17, 15) is 18.0 Å². The van der Waals surface area contributed by atoms with Crippen LogP contribution in [0.25, 0.3) is 0 Å². The molecule has 3 rings (SSSR count). The van der Waals surface area contributed by atoms with Crippen LogP contribution in [-0.2, 0) is 14.8 Å². The first-order valence-corrected chi connectivity index (χ1v) is 11.7. The Morgan fingerprint density at radius 2 is 1.71 bits per heavy atom. The summed E-state index contributed by atoms with van der Waals surface area (Å²) in [5.41, 5.74) is 0.973. The van der Waals surface area contributed by atoms with Gasteiger partial charge in [-0.25, -0.2) is 12.7 Å². The number of carbonyl (C=O) groups excluding carboxylic acids is 2. The van der Waals surface area contributed by atoms with Gasteiger partial charge in [0.15, 0.2) is 0 Å². The molecule has 154 valence electrons. The summed E-state index contributed by atoms with van der Waals surface area (Å²) in [6.07, 6.45) is 5.24. The summed E-state index contributed by atoms with van der Waals surface area (Å²) in [6, 6.07) is 7.24. The number of hydrogen-bond donors (Lipinski definition) is 2. The normalized spacial score (nSPS) is 19.5. The SMILES string of the molecule is CCS(=O)(=O)N1CCC(C(=O)Nc2ccccc2C(=O)NC2CCCC2)CC1. The van der Waals surface area contributed by atoms with Crippen molar-refractivity contribution in [2.45, 2.75) is 51.5 Å². The van der Waals surface area contributed by atoms with E-state index >= 15 is 0 Å². The Morgan fingerprint density at radius 1 is 1.07 bits per heavy atom. The molecule has 1 aromatic carbocycles. The largest absolute Gasteiger partial charge is 0.349 e. The Hall–Kier alpha value is -1.93. The van der Waals surface area contributed by atoms with Crippen LogP contribution in [-0.4, -0.2) is 49.4 Å². The fraction of sp³-hybridized carbons (Fsp3) is 0.600. The molecule has 8 heteroatoms. The summed E-state index contributed by atoms with van der Waals surface area (Å²) in [5, 5.41) is 5.94. The number of sulfonamides is 1. The molecule has 0 radical (unpaired) electrons. The van der Waals surface area contributed by atoms with Crippen molar-refractivity contribution in [2.24, 2.45) is 5.92 Å². The molecule has 2 fully saturated rings. The Bertz CT molecular complexity index is 810. The topological polar surface area (TPSA) is 95.6 Å². The van der Waals surface area contributed by atoms with E-state index in [1.165, 1.54) is 4.31 Å². The number of hydrogen-bond acceptors (Lipinski definition) is 4. The van der Waals surface area contributed by atoms with Gasteiger partial charge < -0.3 is 10.6 Å². The average Bonchev–Trinajstić information content (AvgIpc) is 3.21. The summed E-state index contributed by atoms with van der Waals surface area (Å²) in [6.45, 7) is 2.35. The van der Waals surface area contributed by atoms with Gasteiger partial charge in [0.1, 0.15) is 0 Å². The zero-order valence-corrected chi connectivity index (χ0v) is 17.1. The third-order valence-electron chi connectivity index (χ3n) is 5.70. The molecule has 0 bridgehead atoms. The van der Waals surface area contributed by atoms with E-state index in [4.69, 9.17) is 0 Å². The van der Waals surface area contributed by atoms with E-state index in [0.29, 0.717) is 37.2 Å². The van der Waals surface area contributed by atoms with Crippen LogP contribution in [0.5, 0.6) is 0 Å². The molecule has 7 nitrogen and oxygen atoms in total. The molecule has 2 aliphatic rings. The first-order valence-electron chi connectivity index (χ1n) is 10.1. The summed E-state index contributed by atoms with van der Waals surface area (Å²) in [7, 11) is -3.21. The zero-order valence-electron chi connectivity index (χ0n) is 16.3. The zero-order chi connectivity index (χ0) is 20.1. The standard InChI is InChI=1S/C20H29N3O4S/c1-2-28(26,27)23-13-11-15(12-14-23)19(24)22-18-10-6-5-9-17(18)20(25)21-16-7-3-4-8-16/h5-6,9-10,15-16H,2-4,7-8,11-14H2,1H3,(H,21,25)(H,22,24). The van der Waals surface area contributed by atoms with Crippen LogP contribution in [0.15, 0.2) is 24.3 Å². The van der Waals surface area contributed by atoms with E-state index in [1.807, 2.05) is 0 Å². The van der Waals surface area contributed by atoms with E-state index in [0.717, 1.165) is 25.7 Å². The van der Waals surface area contributed by atoms with Gasteiger partial charge in [0.25, 0.3) is 5.91 Å². The van der Waals surface area contributed by atoms with E-state index in [-0.39, 0.29) is 29.5 Å². The lowest BCUT2D eigenvalue weighted by Crippen LogP contribution is -2.42. The highest BCUT2D eigenvalue weighted by Crippen LogP contribution is 2.24. The number of benzene rings is 1. The van der Waals surface area contributed by atoms with Gasteiger partial charge in [-0.05, 0) is 44.7 Å². The Kier molecular flexibility index (Phi) is 6.72. The maximum absolute atomic E-state index is 12.7. The van der Waals surface area contributed by atoms with Crippen LogP contribution >= 0.6 is 0 Å². The summed E-state index contributed by atoms with van der Waals surface area (Å²) in [5.74, 6) is -0.497. The summed E-state index contributed by atoms with van der Waals surface area (Å²) >= 11 is 0. The molecule has 1 saturated carbocycles. The lowest BCUT2D eigenvalue weighted by molar-refractivity contribution is -0.120. The molecule has 1 aromatic rings. The summed E-state index contributed by atoms with van der Waals surface area (Å²) < 4.78 is 25.4. The van der Waals surface area contributed by atoms with Crippen LogP contribution < -0.4 is 10.6 Å². The van der Waals surface area contributed by atoms with Crippen molar-refractivity contribution in [3.63, 3.8) is 0 Å². The number of para-hydroxylation sites is 1. The molecule has 1 saturated heterocycles. The molecular weight excluding hydrogens is 378 g/mol. The van der Waals surface area contributed by atoms with Gasteiger partial charge in [-0.15, -0.1) is 0 Å². The molecule has 0 spiro atoms. The molecule has 0 aromatic heterocycles. The third-order valence-corrected chi connectivity index (χ3v) is 7.58. The van der Waals surface area contributed by atoms with Crippen molar-refractivity contribution in [3.05, 3.63) is 29.8 Å². The van der Waals surface area contributed by atoms with Crippen LogP contribution in [0, 0.1) is 5.92 Å². The molecule has 1 heterocycles. The fourth-order valence-electron chi connectivity index (χ4n) is 3.94. The van der Waals surface area contributed by atoms with E-state index in [2.05, 4.69) is 10.6 Å². The first-order chi connectivity index (χ1) is 13.4. The molecule has 2 amide bonds. The van der Waals surface area contributed by atoms with Gasteiger partial charge in [-0.3, -0.25) is 9.59 Å². The van der Waals surface area contributed by atoms with E-state index < -0.39 is 10.0 Å². The van der Waals surface area contributed by atoms with Crippen LogP contribution in [0.1, 0.15) is 55.8 Å². The smallest absolute Gasteiger partial charge is 0.253 e. The Balaban J connectivity index is 1.61. The molecule has 1 aliphatic carbocycles. The number of amides is 2. The van der Waals surface area contributed by atoms with Gasteiger partial charge in [-0.1, -0.05) is 25.0 Å². The predicted molar refractivity (Wildman–Crippen MR) is 109 cm³/mol. The molecule has 0 unspecified atom stereocenters. The lowest BCUT2D eigenvalue weighted by Gasteiger charge is -2.30. The molecule has 28 heavy (non-hydrogen) atoms. The number of anilines is 1. The fourth-order valence-corrected chi connectivity index (χ4v) is 5.07. The van der Waals surface area contributed by atoms with Crippen molar-refractivity contribution >= 4 is 27.5 Å². The summed E-state index contributed by atoms with van der Waals surface area (Å²) in [4.78, 5) is 25.3. The minimum atomic E-state index is -3.21. The van der Waals surface area contributed by atoms with Gasteiger partial charge >= 0.3 is 0 Å². The first kappa shape index (κ1) is 20.8. The second-order valence-electron chi connectivity index (χ2n) is 7.56. The highest BCUT2D eigenvalue weighted by atomic mass is 32.2. The van der Waals surface area contributed by atoms with Crippen molar-refractivity contribution in [2.75, 3.05) is 24.2 Å². The van der Waals surface area contributed by atoms with Crippen LogP contribution in [0.2, 0.25) is 0 Å². The Labute approximate surface area is 166 Å². The third kappa shape index (κ3) is 4.91. The van der Waals surface area contributed by atoms with Gasteiger partial charge in [-0.2, -0.15) is 0 Å². The predicted octanol–water partition coefficient (Wildman–Crippen LogP) is 2.36. The Morgan fingerprint density at radius 3 is 2.36 bits per heavy atom. The maximum atomic E-state index is 12.7. The highest BCUT2D eigenvalue weighted by molar-refractivity contribution is 7.89. The number of nitrogens with zero attached hydrogens (tertiary/aromatic N) is 1. The number of piperidine rings is 1. The van der Waals surface area contributed by atoms with Crippen molar-refractivity contribution in [1.82, 2.24) is 9.62 Å². The van der Waals surface area contributed by atoms with E-state index in [1.54, 1.807) is 31.2 Å². The maximum Gasteiger partial charge on any atom is 0.253 e. The molecule has 2 N–H and O–H groups in total. The number of rotatable bonds is 6. The second-order valence-corrected chi connectivity index (χ2v) is 9.82. The second kappa shape index (κ2) is 9.05. The molecule has 1 aliphatic heterocycles. The number of carbonyl (C=O) groups is 2. The quantitative estimate of drug-likeness (QED) is 0.757. The average molecular weight is 408 g/mol. The van der Waals surface area contributed by atoms with Gasteiger partial charge in [0.05, 0.1) is 17.0 Å². The van der Waals surface area contributed by atoms with Crippen LogP contribution in [0.4, 0.5) is 5.69 Å². The van der Waals surface area contributed by atoms with Crippen molar-refractivity contribution in [3.8, 4) is 0 Å². The van der Waals surface area contributed by atoms with Crippen LogP contribution in [0.3, 0.4) is 0 Å². The minimum absolute atomic E-state index is 0.0767. The lowest BCUT2D eigenvalue weighted by atomic mass is 9.97. The van der Waals surface area contributed by atoms with Crippen molar-refractivity contribution in [1.29, 1.82) is 0 Å². The van der Waals surface area contributed by atoms with Gasteiger partial charge in [0.2, 0.25) is 15.9 Å². The minimum Gasteiger partial charge on any atom is -0.349 e. The van der Waals surface area contributed by atoms with Gasteiger partial charge in [0, 0.05) is 25.0 Å².